The smallest absolute Gasteiger partial charge is 0.253 e. The predicted molar refractivity (Wildman–Crippen MR) is 95.5 cm³/mol. The Morgan fingerprint density at radius 2 is 1.96 bits per heavy atom. The Morgan fingerprint density at radius 1 is 1.25 bits per heavy atom. The fourth-order valence-corrected chi connectivity index (χ4v) is 3.18. The van der Waals surface area contributed by atoms with E-state index in [0.717, 1.165) is 55.8 Å². The number of nitrogens with zero attached hydrogens (tertiary/aromatic N) is 3. The van der Waals surface area contributed by atoms with Crippen molar-refractivity contribution in [1.29, 1.82) is 0 Å². The van der Waals surface area contributed by atoms with Gasteiger partial charge < -0.3 is 10.2 Å². The lowest BCUT2D eigenvalue weighted by Crippen LogP contribution is -2.40. The summed E-state index contributed by atoms with van der Waals surface area (Å²) in [7, 11) is 0. The summed E-state index contributed by atoms with van der Waals surface area (Å²) >= 11 is 0. The van der Waals surface area contributed by atoms with Crippen LogP contribution in [0.2, 0.25) is 0 Å². The van der Waals surface area contributed by atoms with E-state index in [2.05, 4.69) is 17.3 Å². The number of carbonyl (C=O) groups is 1. The Morgan fingerprint density at radius 3 is 2.54 bits per heavy atom. The number of carbonyl (C=O) groups excluding carboxylic acids is 1. The van der Waals surface area contributed by atoms with E-state index in [-0.39, 0.29) is 5.91 Å². The molecule has 1 aromatic heterocycles. The number of rotatable bonds is 5. The van der Waals surface area contributed by atoms with Crippen molar-refractivity contribution in [2.75, 3.05) is 26.2 Å². The summed E-state index contributed by atoms with van der Waals surface area (Å²) in [6.45, 7) is 7.94. The number of benzene rings is 1. The molecule has 128 valence electrons. The Balaban J connectivity index is 1.59. The van der Waals surface area contributed by atoms with Crippen molar-refractivity contribution in [2.24, 2.45) is 5.92 Å². The molecule has 0 spiro atoms. The third-order valence-corrected chi connectivity index (χ3v) is 4.68. The molecule has 0 bridgehead atoms. The summed E-state index contributed by atoms with van der Waals surface area (Å²) in [6, 6.07) is 7.72. The summed E-state index contributed by atoms with van der Waals surface area (Å²) in [5, 5.41) is 7.70. The fraction of sp³-hybridized carbons (Fsp3) is 0.474. The van der Waals surface area contributed by atoms with Crippen LogP contribution >= 0.6 is 0 Å². The van der Waals surface area contributed by atoms with E-state index in [1.165, 1.54) is 0 Å². The summed E-state index contributed by atoms with van der Waals surface area (Å²) in [4.78, 5) is 14.6. The van der Waals surface area contributed by atoms with Gasteiger partial charge in [0.2, 0.25) is 0 Å². The molecule has 1 amide bonds. The van der Waals surface area contributed by atoms with Crippen LogP contribution in [0.4, 0.5) is 0 Å². The number of aromatic nitrogens is 2. The molecule has 1 aliphatic heterocycles. The lowest BCUT2D eigenvalue weighted by molar-refractivity contribution is 0.0690. The highest BCUT2D eigenvalue weighted by molar-refractivity contribution is 5.94. The van der Waals surface area contributed by atoms with Crippen LogP contribution in [-0.2, 0) is 0 Å². The monoisotopic (exact) mass is 326 g/mol. The molecule has 1 N–H and O–H groups in total. The van der Waals surface area contributed by atoms with Crippen molar-refractivity contribution in [3.8, 4) is 5.69 Å². The van der Waals surface area contributed by atoms with Gasteiger partial charge in [-0.25, -0.2) is 4.68 Å². The van der Waals surface area contributed by atoms with Crippen molar-refractivity contribution in [3.05, 3.63) is 47.8 Å². The first-order valence-electron chi connectivity index (χ1n) is 8.79. The molecule has 1 aromatic carbocycles. The summed E-state index contributed by atoms with van der Waals surface area (Å²) in [5.74, 6) is 0.833. The largest absolute Gasteiger partial charge is 0.339 e. The summed E-state index contributed by atoms with van der Waals surface area (Å²) < 4.78 is 1.83. The Bertz CT molecular complexity index is 669. The van der Waals surface area contributed by atoms with E-state index in [4.69, 9.17) is 0 Å². The van der Waals surface area contributed by atoms with E-state index < -0.39 is 0 Å². The fourth-order valence-electron chi connectivity index (χ4n) is 3.18. The van der Waals surface area contributed by atoms with Crippen molar-refractivity contribution in [2.45, 2.75) is 26.7 Å². The molecular weight excluding hydrogens is 300 g/mol. The molecule has 5 heteroatoms. The molecule has 1 fully saturated rings. The lowest BCUT2D eigenvalue weighted by atomic mass is 9.96. The Labute approximate surface area is 143 Å². The van der Waals surface area contributed by atoms with Crippen molar-refractivity contribution in [1.82, 2.24) is 20.0 Å². The van der Waals surface area contributed by atoms with Gasteiger partial charge in [0.1, 0.15) is 0 Å². The predicted octanol–water partition coefficient (Wildman–Crippen LogP) is 2.64. The molecule has 0 saturated carbocycles. The second kappa shape index (κ2) is 7.62. The zero-order chi connectivity index (χ0) is 16.9. The molecule has 0 atom stereocenters. The maximum atomic E-state index is 12.7. The van der Waals surface area contributed by atoms with Gasteiger partial charge in [-0.2, -0.15) is 5.10 Å². The maximum absolute atomic E-state index is 12.7. The molecule has 1 aliphatic rings. The Kier molecular flexibility index (Phi) is 5.30. The number of likely N-dealkylation sites (tertiary alicyclic amines) is 1. The lowest BCUT2D eigenvalue weighted by Gasteiger charge is -2.32. The zero-order valence-electron chi connectivity index (χ0n) is 14.5. The first-order chi connectivity index (χ1) is 11.7. The van der Waals surface area contributed by atoms with E-state index in [9.17, 15) is 4.79 Å². The van der Waals surface area contributed by atoms with Crippen LogP contribution in [-0.4, -0.2) is 46.8 Å². The molecular formula is C19H26N4O. The highest BCUT2D eigenvalue weighted by Crippen LogP contribution is 2.19. The molecule has 5 nitrogen and oxygen atoms in total. The molecule has 0 radical (unpaired) electrons. The van der Waals surface area contributed by atoms with Crippen molar-refractivity contribution in [3.63, 3.8) is 0 Å². The number of amides is 1. The summed E-state index contributed by atoms with van der Waals surface area (Å²) in [5.41, 5.74) is 2.85. The number of nitrogens with one attached hydrogen (secondary N) is 1. The highest BCUT2D eigenvalue weighted by atomic mass is 16.2. The van der Waals surface area contributed by atoms with Gasteiger partial charge in [0.25, 0.3) is 5.91 Å². The molecule has 2 heterocycles. The second-order valence-electron chi connectivity index (χ2n) is 6.55. The van der Waals surface area contributed by atoms with Crippen molar-refractivity contribution < 1.29 is 4.79 Å². The van der Waals surface area contributed by atoms with Gasteiger partial charge in [-0.3, -0.25) is 4.79 Å². The third kappa shape index (κ3) is 3.85. The van der Waals surface area contributed by atoms with Gasteiger partial charge in [-0.05, 0) is 68.6 Å². The molecule has 1 saturated heterocycles. The van der Waals surface area contributed by atoms with E-state index in [1.807, 2.05) is 53.2 Å². The molecule has 3 rings (SSSR count). The van der Waals surface area contributed by atoms with E-state index in [0.29, 0.717) is 5.92 Å². The normalized spacial score (nSPS) is 15.7. The minimum atomic E-state index is 0.139. The quantitative estimate of drug-likeness (QED) is 0.919. The van der Waals surface area contributed by atoms with Gasteiger partial charge in [-0.15, -0.1) is 0 Å². The first-order valence-corrected chi connectivity index (χ1v) is 8.79. The van der Waals surface area contributed by atoms with Crippen LogP contribution in [0.25, 0.3) is 5.69 Å². The van der Waals surface area contributed by atoms with Crippen LogP contribution in [0, 0.1) is 12.8 Å². The minimum absolute atomic E-state index is 0.139. The topological polar surface area (TPSA) is 50.2 Å². The van der Waals surface area contributed by atoms with E-state index >= 15 is 0 Å². The number of piperidine rings is 1. The van der Waals surface area contributed by atoms with Gasteiger partial charge in [-0.1, -0.05) is 6.92 Å². The zero-order valence-corrected chi connectivity index (χ0v) is 14.5. The highest BCUT2D eigenvalue weighted by Gasteiger charge is 2.23. The van der Waals surface area contributed by atoms with Gasteiger partial charge in [0, 0.05) is 24.8 Å². The number of hydrogen-bond acceptors (Lipinski definition) is 3. The molecule has 24 heavy (non-hydrogen) atoms. The van der Waals surface area contributed by atoms with Crippen molar-refractivity contribution >= 4 is 5.91 Å². The number of aryl methyl sites for hydroxylation is 1. The van der Waals surface area contributed by atoms with Gasteiger partial charge in [0.15, 0.2) is 0 Å². The molecule has 2 aromatic rings. The van der Waals surface area contributed by atoms with Crippen LogP contribution in [0.5, 0.6) is 0 Å². The van der Waals surface area contributed by atoms with Gasteiger partial charge >= 0.3 is 0 Å². The SMILES string of the molecule is CCNCC1CCN(C(=O)c2ccc(-n3cc(C)cn3)cc2)CC1. The second-order valence-corrected chi connectivity index (χ2v) is 6.55. The average Bonchev–Trinajstić information content (AvgIpc) is 3.06. The number of hydrogen-bond donors (Lipinski definition) is 1. The van der Waals surface area contributed by atoms with Crippen LogP contribution < -0.4 is 5.32 Å². The summed E-state index contributed by atoms with van der Waals surface area (Å²) in [6.07, 6.45) is 5.98. The van der Waals surface area contributed by atoms with Crippen LogP contribution in [0.1, 0.15) is 35.7 Å². The van der Waals surface area contributed by atoms with Crippen LogP contribution in [0.15, 0.2) is 36.7 Å². The molecule has 0 unspecified atom stereocenters. The molecule has 0 aliphatic carbocycles. The van der Waals surface area contributed by atoms with Gasteiger partial charge in [0.05, 0.1) is 11.9 Å². The standard InChI is InChI=1S/C19H26N4O/c1-3-20-13-16-8-10-22(11-9-16)19(24)17-4-6-18(7-5-17)23-14-15(2)12-21-23/h4-7,12,14,16,20H,3,8-11,13H2,1-2H3. The average molecular weight is 326 g/mol. The van der Waals surface area contributed by atoms with Crippen LogP contribution in [0.3, 0.4) is 0 Å². The maximum Gasteiger partial charge on any atom is 0.253 e. The Hall–Kier alpha value is -2.14. The minimum Gasteiger partial charge on any atom is -0.339 e. The third-order valence-electron chi connectivity index (χ3n) is 4.68. The first kappa shape index (κ1) is 16.7. The van der Waals surface area contributed by atoms with E-state index in [1.54, 1.807) is 0 Å².